The lowest BCUT2D eigenvalue weighted by atomic mass is 9.97. The van der Waals surface area contributed by atoms with Crippen LogP contribution < -0.4 is 21.3 Å². The zero-order valence-corrected chi connectivity index (χ0v) is 19.1. The van der Waals surface area contributed by atoms with Gasteiger partial charge in [0.2, 0.25) is 5.91 Å². The van der Waals surface area contributed by atoms with Gasteiger partial charge in [-0.3, -0.25) is 4.79 Å². The van der Waals surface area contributed by atoms with Crippen molar-refractivity contribution < 1.29 is 14.4 Å². The van der Waals surface area contributed by atoms with Crippen LogP contribution >= 0.6 is 0 Å². The highest BCUT2D eigenvalue weighted by atomic mass is 16.2. The SMILES string of the molecule is C=CCNC(=O)[C@@H]1CCCN(C(=O)Nc2ccc(NC(=O)Nc3ccc(C)c(C)c3)cc2)C1. The van der Waals surface area contributed by atoms with E-state index >= 15 is 0 Å². The maximum atomic E-state index is 12.7. The van der Waals surface area contributed by atoms with Crippen molar-refractivity contribution in [2.45, 2.75) is 26.7 Å². The molecule has 0 saturated carbocycles. The highest BCUT2D eigenvalue weighted by molar-refractivity contribution is 6.00. The summed E-state index contributed by atoms with van der Waals surface area (Å²) in [6.07, 6.45) is 3.17. The zero-order valence-electron chi connectivity index (χ0n) is 19.1. The Hall–Kier alpha value is -3.81. The minimum absolute atomic E-state index is 0.0538. The molecule has 1 aliphatic heterocycles. The van der Waals surface area contributed by atoms with Crippen molar-refractivity contribution in [1.29, 1.82) is 0 Å². The summed E-state index contributed by atoms with van der Waals surface area (Å²) in [5, 5.41) is 11.2. The maximum Gasteiger partial charge on any atom is 0.323 e. The third kappa shape index (κ3) is 6.83. The van der Waals surface area contributed by atoms with E-state index in [2.05, 4.69) is 27.8 Å². The molecule has 0 bridgehead atoms. The number of amides is 5. The number of urea groups is 2. The van der Waals surface area contributed by atoms with Gasteiger partial charge in [-0.15, -0.1) is 6.58 Å². The molecule has 1 saturated heterocycles. The molecule has 1 fully saturated rings. The molecule has 8 heteroatoms. The molecule has 5 amide bonds. The van der Waals surface area contributed by atoms with E-state index in [1.165, 1.54) is 0 Å². The molecule has 0 aromatic heterocycles. The summed E-state index contributed by atoms with van der Waals surface area (Å²) in [5.41, 5.74) is 4.20. The van der Waals surface area contributed by atoms with E-state index in [9.17, 15) is 14.4 Å². The third-order valence-electron chi connectivity index (χ3n) is 5.66. The Morgan fingerprint density at radius 1 is 0.970 bits per heavy atom. The first-order chi connectivity index (χ1) is 15.9. The van der Waals surface area contributed by atoms with E-state index in [0.29, 0.717) is 31.0 Å². The molecule has 4 N–H and O–H groups in total. The Morgan fingerprint density at radius 3 is 2.27 bits per heavy atom. The molecule has 2 aromatic rings. The first-order valence-corrected chi connectivity index (χ1v) is 11.1. The molecule has 1 atom stereocenters. The first kappa shape index (κ1) is 23.8. The van der Waals surface area contributed by atoms with E-state index in [-0.39, 0.29) is 23.9 Å². The predicted molar refractivity (Wildman–Crippen MR) is 132 cm³/mol. The van der Waals surface area contributed by atoms with Crippen LogP contribution in [0.4, 0.5) is 26.7 Å². The second-order valence-corrected chi connectivity index (χ2v) is 8.20. The Bertz CT molecular complexity index is 1020. The van der Waals surface area contributed by atoms with Gasteiger partial charge in [0.05, 0.1) is 5.92 Å². The normalized spacial score (nSPS) is 15.3. The summed E-state index contributed by atoms with van der Waals surface area (Å²) in [5.74, 6) is -0.270. The number of benzene rings is 2. The number of aryl methyl sites for hydroxylation is 2. The summed E-state index contributed by atoms with van der Waals surface area (Å²) in [4.78, 5) is 38.8. The van der Waals surface area contributed by atoms with E-state index in [1.807, 2.05) is 32.0 Å². The van der Waals surface area contributed by atoms with Gasteiger partial charge in [-0.05, 0) is 74.2 Å². The molecular weight excluding hydrogens is 418 g/mol. The third-order valence-corrected chi connectivity index (χ3v) is 5.66. The monoisotopic (exact) mass is 449 g/mol. The van der Waals surface area contributed by atoms with Gasteiger partial charge in [0.25, 0.3) is 0 Å². The van der Waals surface area contributed by atoms with Crippen molar-refractivity contribution in [1.82, 2.24) is 10.2 Å². The number of likely N-dealkylation sites (tertiary alicyclic amines) is 1. The van der Waals surface area contributed by atoms with Gasteiger partial charge in [0.15, 0.2) is 0 Å². The van der Waals surface area contributed by atoms with Gasteiger partial charge in [0, 0.05) is 36.7 Å². The fourth-order valence-electron chi connectivity index (χ4n) is 3.64. The molecule has 3 rings (SSSR count). The number of hydrogen-bond donors (Lipinski definition) is 4. The molecular formula is C25H31N5O3. The number of hydrogen-bond acceptors (Lipinski definition) is 3. The average molecular weight is 450 g/mol. The van der Waals surface area contributed by atoms with Crippen molar-refractivity contribution in [3.05, 3.63) is 66.2 Å². The predicted octanol–water partition coefficient (Wildman–Crippen LogP) is 4.49. The maximum absolute atomic E-state index is 12.7. The number of nitrogens with one attached hydrogen (secondary N) is 4. The molecule has 1 aliphatic rings. The highest BCUT2D eigenvalue weighted by Crippen LogP contribution is 2.20. The van der Waals surface area contributed by atoms with Crippen LogP contribution in [0.15, 0.2) is 55.1 Å². The number of rotatable bonds is 6. The van der Waals surface area contributed by atoms with Crippen LogP contribution in [-0.4, -0.2) is 42.5 Å². The van der Waals surface area contributed by atoms with Crippen LogP contribution in [0.25, 0.3) is 0 Å². The van der Waals surface area contributed by atoms with Crippen LogP contribution in [0.5, 0.6) is 0 Å². The van der Waals surface area contributed by atoms with Gasteiger partial charge in [-0.2, -0.15) is 0 Å². The van der Waals surface area contributed by atoms with Crippen LogP contribution in [-0.2, 0) is 4.79 Å². The number of carbonyl (C=O) groups excluding carboxylic acids is 3. The van der Waals surface area contributed by atoms with Crippen molar-refractivity contribution in [3.8, 4) is 0 Å². The fourth-order valence-corrected chi connectivity index (χ4v) is 3.64. The van der Waals surface area contributed by atoms with Gasteiger partial charge >= 0.3 is 12.1 Å². The largest absolute Gasteiger partial charge is 0.352 e. The number of anilines is 3. The molecule has 2 aromatic carbocycles. The van der Waals surface area contributed by atoms with Gasteiger partial charge in [-0.1, -0.05) is 12.1 Å². The quantitative estimate of drug-likeness (QED) is 0.489. The van der Waals surface area contributed by atoms with Crippen LogP contribution in [0.1, 0.15) is 24.0 Å². The molecule has 0 unspecified atom stereocenters. The minimum atomic E-state index is -0.343. The smallest absolute Gasteiger partial charge is 0.323 e. The lowest BCUT2D eigenvalue weighted by Crippen LogP contribution is -2.46. The van der Waals surface area contributed by atoms with Crippen molar-refractivity contribution in [3.63, 3.8) is 0 Å². The van der Waals surface area contributed by atoms with E-state index in [0.717, 1.165) is 29.7 Å². The molecule has 0 aliphatic carbocycles. The number of piperidine rings is 1. The Morgan fingerprint density at radius 2 is 1.61 bits per heavy atom. The molecule has 0 radical (unpaired) electrons. The Labute approximate surface area is 194 Å². The van der Waals surface area contributed by atoms with Crippen LogP contribution in [0.2, 0.25) is 0 Å². The average Bonchev–Trinajstić information content (AvgIpc) is 2.81. The number of carbonyl (C=O) groups is 3. The minimum Gasteiger partial charge on any atom is -0.352 e. The summed E-state index contributed by atoms with van der Waals surface area (Å²) in [6.45, 7) is 9.02. The molecule has 0 spiro atoms. The van der Waals surface area contributed by atoms with E-state index < -0.39 is 0 Å². The Kier molecular flexibility index (Phi) is 8.07. The van der Waals surface area contributed by atoms with Gasteiger partial charge < -0.3 is 26.2 Å². The summed E-state index contributed by atoms with van der Waals surface area (Å²) in [7, 11) is 0. The zero-order chi connectivity index (χ0) is 23.8. The van der Waals surface area contributed by atoms with Crippen molar-refractivity contribution in [2.24, 2.45) is 5.92 Å². The van der Waals surface area contributed by atoms with E-state index in [1.54, 1.807) is 35.2 Å². The summed E-state index contributed by atoms with van der Waals surface area (Å²) in [6, 6.07) is 12.0. The number of nitrogens with zero attached hydrogens (tertiary/aromatic N) is 1. The van der Waals surface area contributed by atoms with Crippen molar-refractivity contribution >= 4 is 35.0 Å². The standard InChI is InChI=1S/C25H31N5O3/c1-4-13-26-23(31)19-6-5-14-30(16-19)25(33)29-21-11-9-20(10-12-21)27-24(32)28-22-8-7-17(2)18(3)15-22/h4,7-12,15,19H,1,5-6,13-14,16H2,2-3H3,(H,26,31)(H,29,33)(H2,27,28,32)/t19-/m1/s1. The molecule has 33 heavy (non-hydrogen) atoms. The first-order valence-electron chi connectivity index (χ1n) is 11.1. The summed E-state index contributed by atoms with van der Waals surface area (Å²) < 4.78 is 0. The topological polar surface area (TPSA) is 103 Å². The molecule has 174 valence electrons. The van der Waals surface area contributed by atoms with Crippen LogP contribution in [0.3, 0.4) is 0 Å². The second-order valence-electron chi connectivity index (χ2n) is 8.20. The van der Waals surface area contributed by atoms with Gasteiger partial charge in [-0.25, -0.2) is 9.59 Å². The lowest BCUT2D eigenvalue weighted by molar-refractivity contribution is -0.126. The van der Waals surface area contributed by atoms with Crippen molar-refractivity contribution in [2.75, 3.05) is 35.6 Å². The summed E-state index contributed by atoms with van der Waals surface area (Å²) >= 11 is 0. The molecule has 8 nitrogen and oxygen atoms in total. The lowest BCUT2D eigenvalue weighted by Gasteiger charge is -2.32. The second kappa shape index (κ2) is 11.2. The van der Waals surface area contributed by atoms with Gasteiger partial charge in [0.1, 0.15) is 0 Å². The molecule has 1 heterocycles. The fraction of sp³-hybridized carbons (Fsp3) is 0.320. The Balaban J connectivity index is 1.50. The van der Waals surface area contributed by atoms with E-state index in [4.69, 9.17) is 0 Å². The van der Waals surface area contributed by atoms with Crippen LogP contribution in [0, 0.1) is 19.8 Å². The highest BCUT2D eigenvalue weighted by Gasteiger charge is 2.28.